The number of ketones is 1. The van der Waals surface area contributed by atoms with E-state index >= 15 is 0 Å². The van der Waals surface area contributed by atoms with Gasteiger partial charge in [0, 0.05) is 17.5 Å². The maximum Gasteiger partial charge on any atom is 0.197 e. The molecule has 3 nitrogen and oxygen atoms in total. The van der Waals surface area contributed by atoms with Gasteiger partial charge in [-0.05, 0) is 41.8 Å². The molecule has 0 radical (unpaired) electrons. The molecule has 0 saturated heterocycles. The maximum atomic E-state index is 14.6. The van der Waals surface area contributed by atoms with Crippen molar-refractivity contribution in [2.45, 2.75) is 19.5 Å². The van der Waals surface area contributed by atoms with Crippen LogP contribution in [0.4, 0.5) is 4.39 Å². The molecule has 0 saturated carbocycles. The number of alkyl halides is 1. The van der Waals surface area contributed by atoms with Crippen LogP contribution in [0.3, 0.4) is 0 Å². The van der Waals surface area contributed by atoms with Crippen LogP contribution in [0.25, 0.3) is 11.1 Å². The van der Waals surface area contributed by atoms with Crippen LogP contribution in [0.2, 0.25) is 0 Å². The Bertz CT molecular complexity index is 934. The Balaban J connectivity index is 1.88. The van der Waals surface area contributed by atoms with Gasteiger partial charge in [0.2, 0.25) is 0 Å². The third-order valence-corrected chi connectivity index (χ3v) is 4.52. The van der Waals surface area contributed by atoms with Crippen molar-refractivity contribution in [1.82, 2.24) is 0 Å². The molecule has 0 fully saturated rings. The first-order valence-electron chi connectivity index (χ1n) is 8.70. The van der Waals surface area contributed by atoms with E-state index < -0.39 is 12.0 Å². The van der Waals surface area contributed by atoms with Crippen molar-refractivity contribution in [2.75, 3.05) is 7.11 Å². The van der Waals surface area contributed by atoms with Gasteiger partial charge in [-0.1, -0.05) is 48.5 Å². The molecule has 3 aromatic rings. The molecule has 138 valence electrons. The van der Waals surface area contributed by atoms with Crippen molar-refractivity contribution in [1.29, 1.82) is 0 Å². The lowest BCUT2D eigenvalue weighted by Crippen LogP contribution is -2.18. The number of rotatable bonds is 6. The summed E-state index contributed by atoms with van der Waals surface area (Å²) in [5.41, 5.74) is 3.05. The first-order valence-corrected chi connectivity index (χ1v) is 8.70. The molecule has 0 unspecified atom stereocenters. The van der Waals surface area contributed by atoms with E-state index in [1.807, 2.05) is 12.1 Å². The van der Waals surface area contributed by atoms with E-state index in [0.29, 0.717) is 28.0 Å². The number of carbonyl (C=O) groups excluding carboxylic acids is 1. The summed E-state index contributed by atoms with van der Waals surface area (Å²) in [5, 5.41) is 10.4. The highest BCUT2D eigenvalue weighted by Gasteiger charge is 2.20. The molecule has 1 atom stereocenters. The number of hydrogen-bond acceptors (Lipinski definition) is 3. The molecule has 1 N–H and O–H groups in total. The Morgan fingerprint density at radius 3 is 2.37 bits per heavy atom. The zero-order valence-electron chi connectivity index (χ0n) is 15.3. The maximum absolute atomic E-state index is 14.6. The molecular formula is C23H21FO3. The molecule has 0 heterocycles. The molecule has 4 heteroatoms. The number of aryl methyl sites for hydroxylation is 1. The van der Waals surface area contributed by atoms with Crippen LogP contribution >= 0.6 is 0 Å². The Kier molecular flexibility index (Phi) is 5.55. The number of ether oxygens (including phenoxy) is 1. The second-order valence-electron chi connectivity index (χ2n) is 6.44. The molecule has 3 rings (SSSR count). The number of phenols is 1. The number of halogens is 1. The number of aromatic hydroxyl groups is 1. The van der Waals surface area contributed by atoms with Crippen molar-refractivity contribution < 1.29 is 19.0 Å². The molecule has 0 amide bonds. The van der Waals surface area contributed by atoms with Crippen molar-refractivity contribution in [3.8, 4) is 22.6 Å². The summed E-state index contributed by atoms with van der Waals surface area (Å²) in [6.07, 6.45) is -1.68. The van der Waals surface area contributed by atoms with Crippen molar-refractivity contribution in [3.05, 3.63) is 83.4 Å². The Morgan fingerprint density at radius 1 is 1.07 bits per heavy atom. The van der Waals surface area contributed by atoms with Gasteiger partial charge in [-0.25, -0.2) is 4.39 Å². The molecule has 0 aromatic heterocycles. The summed E-state index contributed by atoms with van der Waals surface area (Å²) in [7, 11) is 1.59. The molecular weight excluding hydrogens is 343 g/mol. The van der Waals surface area contributed by atoms with E-state index in [0.717, 1.165) is 5.56 Å². The van der Waals surface area contributed by atoms with Gasteiger partial charge in [0.25, 0.3) is 0 Å². The van der Waals surface area contributed by atoms with Gasteiger partial charge in [-0.2, -0.15) is 0 Å². The van der Waals surface area contributed by atoms with Gasteiger partial charge in [0.05, 0.1) is 7.11 Å². The number of methoxy groups -OCH3 is 1. The fourth-order valence-corrected chi connectivity index (χ4v) is 3.05. The minimum atomic E-state index is -1.64. The molecule has 0 aliphatic heterocycles. The van der Waals surface area contributed by atoms with Crippen LogP contribution in [0.15, 0.2) is 66.7 Å². The van der Waals surface area contributed by atoms with Gasteiger partial charge >= 0.3 is 0 Å². The molecule has 27 heavy (non-hydrogen) atoms. The average Bonchev–Trinajstić information content (AvgIpc) is 2.70. The minimum absolute atomic E-state index is 0.0436. The topological polar surface area (TPSA) is 46.5 Å². The molecule has 0 aliphatic carbocycles. The Labute approximate surface area is 158 Å². The largest absolute Gasteiger partial charge is 0.507 e. The first kappa shape index (κ1) is 18.6. The van der Waals surface area contributed by atoms with E-state index in [2.05, 4.69) is 0 Å². The zero-order chi connectivity index (χ0) is 19.4. The van der Waals surface area contributed by atoms with Gasteiger partial charge < -0.3 is 9.84 Å². The van der Waals surface area contributed by atoms with E-state index in [9.17, 15) is 14.3 Å². The lowest BCUT2D eigenvalue weighted by atomic mass is 9.94. The fourth-order valence-electron chi connectivity index (χ4n) is 3.05. The highest BCUT2D eigenvalue weighted by molar-refractivity contribution is 5.99. The van der Waals surface area contributed by atoms with E-state index in [4.69, 9.17) is 4.74 Å². The normalized spacial score (nSPS) is 11.8. The Hall–Kier alpha value is -3.14. The average molecular weight is 364 g/mol. The van der Waals surface area contributed by atoms with Crippen LogP contribution in [-0.4, -0.2) is 24.2 Å². The standard InChI is InChI=1S/C23H21FO3/c1-15-12-16(14-21(24)23(26)18-6-4-3-5-7-18)13-20(22(15)25)17-8-10-19(27-2)11-9-17/h3-13,21,25H,14H2,1-2H3/t21-/m0/s1. The quantitative estimate of drug-likeness (QED) is 0.616. The number of Topliss-reactive ketones (excluding diaryl/α,β-unsaturated/α-hetero) is 1. The SMILES string of the molecule is COc1ccc(-c2cc(C[C@H](F)C(=O)c3ccccc3)cc(C)c2O)cc1. The summed E-state index contributed by atoms with van der Waals surface area (Å²) < 4.78 is 19.8. The number of carbonyl (C=O) groups is 1. The second kappa shape index (κ2) is 8.04. The van der Waals surface area contributed by atoms with E-state index in [-0.39, 0.29) is 12.2 Å². The summed E-state index contributed by atoms with van der Waals surface area (Å²) in [5.74, 6) is 0.324. The number of phenolic OH excluding ortho intramolecular Hbond substituents is 1. The van der Waals surface area contributed by atoms with E-state index in [1.165, 1.54) is 0 Å². The monoisotopic (exact) mass is 364 g/mol. The van der Waals surface area contributed by atoms with Crippen LogP contribution in [0.5, 0.6) is 11.5 Å². The summed E-state index contributed by atoms with van der Waals surface area (Å²) in [6.45, 7) is 1.76. The minimum Gasteiger partial charge on any atom is -0.507 e. The smallest absolute Gasteiger partial charge is 0.197 e. The van der Waals surface area contributed by atoms with Gasteiger partial charge in [0.1, 0.15) is 11.5 Å². The van der Waals surface area contributed by atoms with Crippen molar-refractivity contribution in [2.24, 2.45) is 0 Å². The van der Waals surface area contributed by atoms with Crippen molar-refractivity contribution >= 4 is 5.78 Å². The highest BCUT2D eigenvalue weighted by Crippen LogP contribution is 2.34. The summed E-state index contributed by atoms with van der Waals surface area (Å²) in [4.78, 5) is 12.3. The van der Waals surface area contributed by atoms with Crippen molar-refractivity contribution in [3.63, 3.8) is 0 Å². The second-order valence-corrected chi connectivity index (χ2v) is 6.44. The molecule has 0 spiro atoms. The summed E-state index contributed by atoms with van der Waals surface area (Å²) >= 11 is 0. The van der Waals surface area contributed by atoms with Crippen LogP contribution < -0.4 is 4.74 Å². The number of benzene rings is 3. The lowest BCUT2D eigenvalue weighted by Gasteiger charge is -2.13. The molecule has 3 aromatic carbocycles. The van der Waals surface area contributed by atoms with Gasteiger partial charge in [-0.15, -0.1) is 0 Å². The van der Waals surface area contributed by atoms with Crippen LogP contribution in [-0.2, 0) is 6.42 Å². The fraction of sp³-hybridized carbons (Fsp3) is 0.174. The third-order valence-electron chi connectivity index (χ3n) is 4.52. The predicted molar refractivity (Wildman–Crippen MR) is 104 cm³/mol. The third kappa shape index (κ3) is 4.17. The van der Waals surface area contributed by atoms with Crippen LogP contribution in [0, 0.1) is 6.92 Å². The molecule has 0 bridgehead atoms. The van der Waals surface area contributed by atoms with Gasteiger partial charge in [-0.3, -0.25) is 4.79 Å². The van der Waals surface area contributed by atoms with Gasteiger partial charge in [0.15, 0.2) is 12.0 Å². The number of hydrogen-bond donors (Lipinski definition) is 1. The first-order chi connectivity index (χ1) is 13.0. The lowest BCUT2D eigenvalue weighted by molar-refractivity contribution is 0.0877. The van der Waals surface area contributed by atoms with E-state index in [1.54, 1.807) is 68.6 Å². The molecule has 0 aliphatic rings. The Morgan fingerprint density at radius 2 is 1.74 bits per heavy atom. The highest BCUT2D eigenvalue weighted by atomic mass is 19.1. The zero-order valence-corrected chi connectivity index (χ0v) is 15.3. The predicted octanol–water partition coefficient (Wildman–Crippen LogP) is 5.14. The summed E-state index contributed by atoms with van der Waals surface area (Å²) in [6, 6.07) is 19.1. The van der Waals surface area contributed by atoms with Crippen LogP contribution in [0.1, 0.15) is 21.5 Å².